The zero-order valence-corrected chi connectivity index (χ0v) is 15.8. The van der Waals surface area contributed by atoms with Gasteiger partial charge in [0, 0.05) is 23.7 Å². The van der Waals surface area contributed by atoms with Crippen LogP contribution < -0.4 is 19.5 Å². The van der Waals surface area contributed by atoms with Gasteiger partial charge in [0.1, 0.15) is 34.4 Å². The Balaban J connectivity index is 1.88. The minimum atomic E-state index is 0.604. The van der Waals surface area contributed by atoms with Gasteiger partial charge in [-0.15, -0.1) is 0 Å². The first-order valence-corrected chi connectivity index (χ1v) is 9.07. The number of hydrogen-bond donors (Lipinski definition) is 1. The molecule has 0 amide bonds. The molecule has 2 heterocycles. The van der Waals surface area contributed by atoms with Gasteiger partial charge in [0.05, 0.1) is 20.8 Å². The maximum Gasteiger partial charge on any atom is 0.145 e. The third-order valence-corrected chi connectivity index (χ3v) is 4.71. The summed E-state index contributed by atoms with van der Waals surface area (Å²) in [5, 5.41) is 8.40. The number of methoxy groups -OCH3 is 2. The number of benzene rings is 2. The van der Waals surface area contributed by atoms with Crippen molar-refractivity contribution in [2.24, 2.45) is 0 Å². The molecule has 0 unspecified atom stereocenters. The lowest BCUT2D eigenvalue weighted by Crippen LogP contribution is -2.06. The van der Waals surface area contributed by atoms with Gasteiger partial charge in [-0.2, -0.15) is 5.10 Å². The van der Waals surface area contributed by atoms with Crippen LogP contribution in [-0.2, 0) is 6.42 Å². The van der Waals surface area contributed by atoms with E-state index in [9.17, 15) is 0 Å². The standard InChI is InChI=1S/C21H23N3O3/c1-4-27-18-8-6-5-7-17(18)24-21-16(11-12-22-21)20(23-24)15-10-9-14(25-2)13-19(15)26-3/h5-10,13,22H,4,11-12H2,1-3H3. The molecule has 6 nitrogen and oxygen atoms in total. The molecular formula is C21H23N3O3. The molecule has 0 atom stereocenters. The Hall–Kier alpha value is -3.15. The van der Waals surface area contributed by atoms with Gasteiger partial charge in [-0.05, 0) is 37.6 Å². The Kier molecular flexibility index (Phi) is 4.62. The van der Waals surface area contributed by atoms with Crippen molar-refractivity contribution in [2.75, 3.05) is 32.7 Å². The number of ether oxygens (including phenoxy) is 3. The summed E-state index contributed by atoms with van der Waals surface area (Å²) in [4.78, 5) is 0. The molecule has 140 valence electrons. The van der Waals surface area contributed by atoms with Gasteiger partial charge < -0.3 is 19.5 Å². The molecule has 0 spiro atoms. The van der Waals surface area contributed by atoms with E-state index in [2.05, 4.69) is 5.32 Å². The van der Waals surface area contributed by atoms with E-state index >= 15 is 0 Å². The van der Waals surface area contributed by atoms with Crippen LogP contribution in [0.15, 0.2) is 42.5 Å². The van der Waals surface area contributed by atoms with E-state index in [0.717, 1.165) is 53.0 Å². The number of nitrogens with one attached hydrogen (secondary N) is 1. The fourth-order valence-corrected chi connectivity index (χ4v) is 3.47. The van der Waals surface area contributed by atoms with Gasteiger partial charge in [-0.3, -0.25) is 0 Å². The molecule has 2 aromatic carbocycles. The molecule has 0 radical (unpaired) electrons. The van der Waals surface area contributed by atoms with Crippen molar-refractivity contribution in [3.8, 4) is 34.2 Å². The van der Waals surface area contributed by atoms with Crippen molar-refractivity contribution < 1.29 is 14.2 Å². The van der Waals surface area contributed by atoms with Gasteiger partial charge in [0.25, 0.3) is 0 Å². The van der Waals surface area contributed by atoms with Crippen LogP contribution in [0.25, 0.3) is 16.9 Å². The topological polar surface area (TPSA) is 57.5 Å². The predicted octanol–water partition coefficient (Wildman–Crippen LogP) is 3.92. The molecule has 1 N–H and O–H groups in total. The van der Waals surface area contributed by atoms with E-state index in [-0.39, 0.29) is 0 Å². The second kappa shape index (κ2) is 7.23. The molecule has 6 heteroatoms. The molecule has 0 aliphatic carbocycles. The summed E-state index contributed by atoms with van der Waals surface area (Å²) in [6.45, 7) is 3.47. The van der Waals surface area contributed by atoms with E-state index in [0.29, 0.717) is 6.61 Å². The fraction of sp³-hybridized carbons (Fsp3) is 0.286. The molecule has 0 fully saturated rings. The van der Waals surface area contributed by atoms with Crippen LogP contribution in [0, 0.1) is 0 Å². The quantitative estimate of drug-likeness (QED) is 0.717. The number of para-hydroxylation sites is 2. The van der Waals surface area contributed by atoms with Crippen molar-refractivity contribution in [3.05, 3.63) is 48.0 Å². The van der Waals surface area contributed by atoms with E-state index in [1.165, 1.54) is 5.56 Å². The van der Waals surface area contributed by atoms with Gasteiger partial charge in [-0.1, -0.05) is 12.1 Å². The predicted molar refractivity (Wildman–Crippen MR) is 105 cm³/mol. The zero-order chi connectivity index (χ0) is 18.8. The average Bonchev–Trinajstić information content (AvgIpc) is 3.31. The Bertz CT molecular complexity index is 965. The molecule has 1 aliphatic heterocycles. The SMILES string of the molecule is CCOc1ccccc1-n1nc(-c2ccc(OC)cc2OC)c2c1NCC2. The van der Waals surface area contributed by atoms with E-state index in [4.69, 9.17) is 19.3 Å². The molecule has 3 aromatic rings. The lowest BCUT2D eigenvalue weighted by atomic mass is 10.1. The summed E-state index contributed by atoms with van der Waals surface area (Å²) in [7, 11) is 3.31. The molecule has 0 bridgehead atoms. The molecule has 0 saturated heterocycles. The molecule has 1 aliphatic rings. The first-order chi connectivity index (χ1) is 13.3. The Morgan fingerprint density at radius 1 is 1.07 bits per heavy atom. The van der Waals surface area contributed by atoms with Crippen molar-refractivity contribution >= 4 is 5.82 Å². The van der Waals surface area contributed by atoms with Crippen LogP contribution >= 0.6 is 0 Å². The molecular weight excluding hydrogens is 342 g/mol. The molecule has 1 aromatic heterocycles. The molecule has 27 heavy (non-hydrogen) atoms. The van der Waals surface area contributed by atoms with Crippen LogP contribution in [0.2, 0.25) is 0 Å². The highest BCUT2D eigenvalue weighted by Gasteiger charge is 2.26. The fourth-order valence-electron chi connectivity index (χ4n) is 3.47. The Labute approximate surface area is 158 Å². The number of nitrogens with zero attached hydrogens (tertiary/aromatic N) is 2. The maximum absolute atomic E-state index is 5.81. The highest BCUT2D eigenvalue weighted by molar-refractivity contribution is 5.77. The summed E-state index contributed by atoms with van der Waals surface area (Å²) in [5.41, 5.74) is 3.97. The number of aromatic nitrogens is 2. The van der Waals surface area contributed by atoms with E-state index < -0.39 is 0 Å². The summed E-state index contributed by atoms with van der Waals surface area (Å²) in [6.07, 6.45) is 0.913. The second-order valence-corrected chi connectivity index (χ2v) is 6.23. The number of anilines is 1. The number of hydrogen-bond acceptors (Lipinski definition) is 5. The lowest BCUT2D eigenvalue weighted by molar-refractivity contribution is 0.338. The number of rotatable bonds is 6. The van der Waals surface area contributed by atoms with Gasteiger partial charge >= 0.3 is 0 Å². The second-order valence-electron chi connectivity index (χ2n) is 6.23. The largest absolute Gasteiger partial charge is 0.497 e. The summed E-state index contributed by atoms with van der Waals surface area (Å²) < 4.78 is 18.7. The Morgan fingerprint density at radius 2 is 1.93 bits per heavy atom. The maximum atomic E-state index is 5.81. The van der Waals surface area contributed by atoms with Crippen molar-refractivity contribution in [2.45, 2.75) is 13.3 Å². The van der Waals surface area contributed by atoms with Crippen LogP contribution in [0.1, 0.15) is 12.5 Å². The highest BCUT2D eigenvalue weighted by Crippen LogP contribution is 2.40. The normalized spacial score (nSPS) is 12.4. The summed E-state index contributed by atoms with van der Waals surface area (Å²) in [6, 6.07) is 13.8. The zero-order valence-electron chi connectivity index (χ0n) is 15.8. The van der Waals surface area contributed by atoms with E-state index in [1.54, 1.807) is 14.2 Å². The first kappa shape index (κ1) is 17.3. The van der Waals surface area contributed by atoms with Crippen LogP contribution in [0.3, 0.4) is 0 Å². The van der Waals surface area contributed by atoms with Crippen LogP contribution in [0.4, 0.5) is 5.82 Å². The number of fused-ring (bicyclic) bond motifs is 1. The van der Waals surface area contributed by atoms with Crippen LogP contribution in [0.5, 0.6) is 17.2 Å². The first-order valence-electron chi connectivity index (χ1n) is 9.07. The van der Waals surface area contributed by atoms with E-state index in [1.807, 2.05) is 54.1 Å². The lowest BCUT2D eigenvalue weighted by Gasteiger charge is -2.12. The Morgan fingerprint density at radius 3 is 2.70 bits per heavy atom. The third-order valence-electron chi connectivity index (χ3n) is 4.71. The van der Waals surface area contributed by atoms with Crippen LogP contribution in [-0.4, -0.2) is 37.2 Å². The van der Waals surface area contributed by atoms with Crippen molar-refractivity contribution in [3.63, 3.8) is 0 Å². The van der Waals surface area contributed by atoms with Gasteiger partial charge in [-0.25, -0.2) is 4.68 Å². The minimum Gasteiger partial charge on any atom is -0.497 e. The van der Waals surface area contributed by atoms with Gasteiger partial charge in [0.15, 0.2) is 0 Å². The van der Waals surface area contributed by atoms with Gasteiger partial charge in [0.2, 0.25) is 0 Å². The monoisotopic (exact) mass is 365 g/mol. The van der Waals surface area contributed by atoms with Crippen molar-refractivity contribution in [1.82, 2.24) is 9.78 Å². The third kappa shape index (κ3) is 2.97. The molecule has 4 rings (SSSR count). The molecule has 0 saturated carbocycles. The summed E-state index contributed by atoms with van der Waals surface area (Å²) >= 11 is 0. The average molecular weight is 365 g/mol. The smallest absolute Gasteiger partial charge is 0.145 e. The highest BCUT2D eigenvalue weighted by atomic mass is 16.5. The summed E-state index contributed by atoms with van der Waals surface area (Å²) in [5.74, 6) is 3.32. The van der Waals surface area contributed by atoms with Crippen molar-refractivity contribution in [1.29, 1.82) is 0 Å². The minimum absolute atomic E-state index is 0.604.